The van der Waals surface area contributed by atoms with Gasteiger partial charge in [-0.3, -0.25) is 10.1 Å². The van der Waals surface area contributed by atoms with Crippen molar-refractivity contribution in [1.29, 1.82) is 0 Å². The summed E-state index contributed by atoms with van der Waals surface area (Å²) in [5, 5.41) is 12.8. The van der Waals surface area contributed by atoms with Gasteiger partial charge >= 0.3 is 5.97 Å². The number of aliphatic carboxylic acids is 1. The lowest BCUT2D eigenvalue weighted by Crippen LogP contribution is -2.51. The highest BCUT2D eigenvalue weighted by molar-refractivity contribution is 5.78. The average Bonchev–Trinajstić information content (AvgIpc) is 3.25. The summed E-state index contributed by atoms with van der Waals surface area (Å²) in [7, 11) is 0. The molecule has 2 aliphatic rings. The maximum atomic E-state index is 11.5. The van der Waals surface area contributed by atoms with Crippen LogP contribution in [0.3, 0.4) is 0 Å². The Kier molecular flexibility index (Phi) is 6.02. The van der Waals surface area contributed by atoms with Crippen molar-refractivity contribution >= 4 is 5.97 Å². The number of rotatable bonds is 9. The van der Waals surface area contributed by atoms with Crippen LogP contribution < -0.4 is 5.32 Å². The standard InChI is InChI=1S/C16H31N3O2/c1-3-8-18-10-12-19(13-11-18)9-4-7-16(2,15(20)21)17-14-5-6-14/h14,17H,3-13H2,1-2H3,(H,20,21). The van der Waals surface area contributed by atoms with Gasteiger partial charge in [-0.1, -0.05) is 6.92 Å². The van der Waals surface area contributed by atoms with Crippen molar-refractivity contribution in [1.82, 2.24) is 15.1 Å². The second-order valence-electron chi connectivity index (χ2n) is 6.84. The van der Waals surface area contributed by atoms with Crippen molar-refractivity contribution in [2.75, 3.05) is 39.3 Å². The van der Waals surface area contributed by atoms with Gasteiger partial charge in [0.05, 0.1) is 0 Å². The number of nitrogens with one attached hydrogen (secondary N) is 1. The normalized spacial score (nSPS) is 23.9. The Bertz CT molecular complexity index is 338. The van der Waals surface area contributed by atoms with Crippen LogP contribution in [0.1, 0.15) is 46.0 Å². The maximum Gasteiger partial charge on any atom is 0.323 e. The van der Waals surface area contributed by atoms with Gasteiger partial charge in [-0.05, 0) is 52.1 Å². The summed E-state index contributed by atoms with van der Waals surface area (Å²) in [6, 6.07) is 0.434. The topological polar surface area (TPSA) is 55.8 Å². The largest absolute Gasteiger partial charge is 0.480 e. The number of carbonyl (C=O) groups is 1. The monoisotopic (exact) mass is 297 g/mol. The SMILES string of the molecule is CCCN1CCN(CCCC(C)(NC2CC2)C(=O)O)CC1. The van der Waals surface area contributed by atoms with Crippen LogP contribution in [-0.2, 0) is 4.79 Å². The van der Waals surface area contributed by atoms with Crippen molar-refractivity contribution in [2.24, 2.45) is 0 Å². The highest BCUT2D eigenvalue weighted by atomic mass is 16.4. The molecule has 1 aliphatic heterocycles. The molecule has 0 bridgehead atoms. The Morgan fingerprint density at radius 2 is 1.76 bits per heavy atom. The number of hydrogen-bond donors (Lipinski definition) is 2. The molecule has 1 saturated carbocycles. The third-order valence-corrected chi connectivity index (χ3v) is 4.73. The molecular formula is C16H31N3O2. The molecule has 1 saturated heterocycles. The number of nitrogens with zero attached hydrogens (tertiary/aromatic N) is 2. The summed E-state index contributed by atoms with van der Waals surface area (Å²) in [4.78, 5) is 16.5. The van der Waals surface area contributed by atoms with Crippen LogP contribution in [0.15, 0.2) is 0 Å². The zero-order valence-corrected chi connectivity index (χ0v) is 13.6. The van der Waals surface area contributed by atoms with Crippen molar-refractivity contribution in [3.8, 4) is 0 Å². The quantitative estimate of drug-likeness (QED) is 0.673. The first kappa shape index (κ1) is 16.7. The van der Waals surface area contributed by atoms with Crippen LogP contribution in [0, 0.1) is 0 Å². The van der Waals surface area contributed by atoms with Crippen molar-refractivity contribution in [2.45, 2.75) is 57.5 Å². The summed E-state index contributed by atoms with van der Waals surface area (Å²) in [6.07, 6.45) is 5.15. The highest BCUT2D eigenvalue weighted by Crippen LogP contribution is 2.25. The molecule has 1 unspecified atom stereocenters. The number of piperazine rings is 1. The molecule has 1 aliphatic carbocycles. The first-order chi connectivity index (χ1) is 10.0. The molecule has 0 amide bonds. The summed E-state index contributed by atoms with van der Waals surface area (Å²) in [5.74, 6) is -0.706. The Morgan fingerprint density at radius 1 is 1.19 bits per heavy atom. The molecular weight excluding hydrogens is 266 g/mol. The van der Waals surface area contributed by atoms with Crippen LogP contribution in [0.5, 0.6) is 0 Å². The third-order valence-electron chi connectivity index (χ3n) is 4.73. The zero-order chi connectivity index (χ0) is 15.3. The minimum atomic E-state index is -0.745. The number of carboxylic acid groups (broad SMARTS) is 1. The molecule has 2 rings (SSSR count). The van der Waals surface area contributed by atoms with Crippen LogP contribution in [-0.4, -0.2) is 71.7 Å². The zero-order valence-electron chi connectivity index (χ0n) is 13.6. The van der Waals surface area contributed by atoms with E-state index >= 15 is 0 Å². The lowest BCUT2D eigenvalue weighted by Gasteiger charge is -2.35. The summed E-state index contributed by atoms with van der Waals surface area (Å²) in [6.45, 7) is 10.9. The highest BCUT2D eigenvalue weighted by Gasteiger charge is 2.38. The van der Waals surface area contributed by atoms with Gasteiger partial charge in [-0.15, -0.1) is 0 Å². The predicted molar refractivity (Wildman–Crippen MR) is 84.6 cm³/mol. The fraction of sp³-hybridized carbons (Fsp3) is 0.938. The first-order valence-electron chi connectivity index (χ1n) is 8.49. The van der Waals surface area contributed by atoms with Crippen LogP contribution >= 0.6 is 0 Å². The summed E-state index contributed by atoms with van der Waals surface area (Å²) >= 11 is 0. The average molecular weight is 297 g/mol. The smallest absolute Gasteiger partial charge is 0.323 e. The van der Waals surface area contributed by atoms with Gasteiger partial charge in [-0.25, -0.2) is 0 Å². The molecule has 21 heavy (non-hydrogen) atoms. The Balaban J connectivity index is 1.67. The van der Waals surface area contributed by atoms with E-state index in [9.17, 15) is 9.90 Å². The van der Waals surface area contributed by atoms with Gasteiger partial charge in [0.15, 0.2) is 0 Å². The van der Waals surface area contributed by atoms with Gasteiger partial charge in [0.1, 0.15) is 5.54 Å². The minimum Gasteiger partial charge on any atom is -0.480 e. The Morgan fingerprint density at radius 3 is 2.24 bits per heavy atom. The fourth-order valence-electron chi connectivity index (χ4n) is 3.13. The molecule has 122 valence electrons. The molecule has 2 fully saturated rings. The number of carboxylic acids is 1. The molecule has 0 aromatic rings. The molecule has 2 N–H and O–H groups in total. The fourth-order valence-corrected chi connectivity index (χ4v) is 3.13. The van der Waals surface area contributed by atoms with E-state index in [1.807, 2.05) is 6.92 Å². The van der Waals surface area contributed by atoms with E-state index in [0.29, 0.717) is 12.5 Å². The van der Waals surface area contributed by atoms with Crippen LogP contribution in [0.4, 0.5) is 0 Å². The first-order valence-corrected chi connectivity index (χ1v) is 8.49. The van der Waals surface area contributed by atoms with Crippen LogP contribution in [0.25, 0.3) is 0 Å². The maximum absolute atomic E-state index is 11.5. The van der Waals surface area contributed by atoms with Crippen LogP contribution in [0.2, 0.25) is 0 Å². The van der Waals surface area contributed by atoms with Gasteiger partial charge in [0, 0.05) is 32.2 Å². The van der Waals surface area contributed by atoms with E-state index in [1.165, 1.54) is 13.0 Å². The molecule has 0 aromatic carbocycles. The van der Waals surface area contributed by atoms with Crippen molar-refractivity contribution in [3.05, 3.63) is 0 Å². The van der Waals surface area contributed by atoms with E-state index in [1.54, 1.807) is 0 Å². The molecule has 0 spiro atoms. The third kappa shape index (κ3) is 5.24. The van der Waals surface area contributed by atoms with Crippen molar-refractivity contribution < 1.29 is 9.90 Å². The second kappa shape index (κ2) is 7.56. The van der Waals surface area contributed by atoms with Gasteiger partial charge in [0.2, 0.25) is 0 Å². The Hall–Kier alpha value is -0.650. The van der Waals surface area contributed by atoms with E-state index in [2.05, 4.69) is 22.0 Å². The van der Waals surface area contributed by atoms with E-state index < -0.39 is 11.5 Å². The molecule has 0 aromatic heterocycles. The van der Waals surface area contributed by atoms with E-state index in [0.717, 1.165) is 52.0 Å². The minimum absolute atomic E-state index is 0.434. The summed E-state index contributed by atoms with van der Waals surface area (Å²) < 4.78 is 0. The molecule has 5 heteroatoms. The molecule has 1 atom stereocenters. The molecule has 5 nitrogen and oxygen atoms in total. The molecule has 0 radical (unpaired) electrons. The van der Waals surface area contributed by atoms with Gasteiger partial charge < -0.3 is 14.9 Å². The lowest BCUT2D eigenvalue weighted by atomic mass is 9.95. The van der Waals surface area contributed by atoms with Crippen molar-refractivity contribution in [3.63, 3.8) is 0 Å². The second-order valence-corrected chi connectivity index (χ2v) is 6.84. The van der Waals surface area contributed by atoms with Gasteiger partial charge in [0.25, 0.3) is 0 Å². The van der Waals surface area contributed by atoms with Gasteiger partial charge in [-0.2, -0.15) is 0 Å². The molecule has 1 heterocycles. The lowest BCUT2D eigenvalue weighted by molar-refractivity contribution is -0.144. The number of hydrogen-bond acceptors (Lipinski definition) is 4. The Labute approximate surface area is 128 Å². The predicted octanol–water partition coefficient (Wildman–Crippen LogP) is 1.39. The summed E-state index contributed by atoms with van der Waals surface area (Å²) in [5.41, 5.74) is -0.745. The van der Waals surface area contributed by atoms with E-state index in [4.69, 9.17) is 0 Å². The van der Waals surface area contributed by atoms with E-state index in [-0.39, 0.29) is 0 Å².